The maximum Gasteiger partial charge on any atom is 0.254 e. The molecule has 3 rings (SSSR count). The molecule has 0 amide bonds. The van der Waals surface area contributed by atoms with Gasteiger partial charge < -0.3 is 18.8 Å². The molecule has 106 valence electrons. The largest absolute Gasteiger partial charge is 0.497 e. The molecule has 5 heteroatoms. The van der Waals surface area contributed by atoms with E-state index in [9.17, 15) is 4.79 Å². The van der Waals surface area contributed by atoms with Gasteiger partial charge in [-0.25, -0.2) is 0 Å². The summed E-state index contributed by atoms with van der Waals surface area (Å²) in [5, 5.41) is 1.00. The number of methoxy groups -OCH3 is 1. The fraction of sp³-hybridized carbons (Fsp3) is 0.400. The number of aryl methyl sites for hydroxylation is 1. The summed E-state index contributed by atoms with van der Waals surface area (Å²) in [7, 11) is 1.61. The van der Waals surface area contributed by atoms with Crippen LogP contribution in [0, 0.1) is 6.92 Å². The number of nitrogens with zero attached hydrogens (tertiary/aromatic N) is 1. The van der Waals surface area contributed by atoms with Crippen LogP contribution in [0.15, 0.2) is 29.1 Å². The van der Waals surface area contributed by atoms with Crippen LogP contribution >= 0.6 is 0 Å². The van der Waals surface area contributed by atoms with Gasteiger partial charge in [-0.3, -0.25) is 4.79 Å². The highest BCUT2D eigenvalue weighted by molar-refractivity contribution is 5.81. The predicted molar refractivity (Wildman–Crippen MR) is 75.2 cm³/mol. The first-order valence-electron chi connectivity index (χ1n) is 6.60. The van der Waals surface area contributed by atoms with E-state index in [0.717, 1.165) is 16.7 Å². The summed E-state index contributed by atoms with van der Waals surface area (Å²) in [5.74, 6) is 0.725. The van der Waals surface area contributed by atoms with Crippen molar-refractivity contribution in [2.24, 2.45) is 0 Å². The Kier molecular flexibility index (Phi) is 3.46. The molecule has 2 heterocycles. The van der Waals surface area contributed by atoms with Crippen LogP contribution in [0.3, 0.4) is 0 Å². The van der Waals surface area contributed by atoms with Crippen molar-refractivity contribution in [3.05, 3.63) is 40.2 Å². The number of hydrogen-bond donors (Lipinski definition) is 0. The Morgan fingerprint density at radius 3 is 2.75 bits per heavy atom. The van der Waals surface area contributed by atoms with E-state index in [1.165, 1.54) is 0 Å². The van der Waals surface area contributed by atoms with E-state index in [4.69, 9.17) is 14.2 Å². The second kappa shape index (κ2) is 5.26. The standard InChI is InChI=1S/C15H17NO4/c1-10-7-11-3-4-12(18-2)8-13(11)16(15(10)17)9-14-19-5-6-20-14/h3-4,7-8,14H,5-6,9H2,1-2H3. The highest BCUT2D eigenvalue weighted by Gasteiger charge is 2.19. The van der Waals surface area contributed by atoms with Gasteiger partial charge in [0.15, 0.2) is 6.29 Å². The summed E-state index contributed by atoms with van der Waals surface area (Å²) in [6.07, 6.45) is -0.357. The topological polar surface area (TPSA) is 49.7 Å². The van der Waals surface area contributed by atoms with E-state index >= 15 is 0 Å². The third-order valence-corrected chi connectivity index (χ3v) is 3.51. The van der Waals surface area contributed by atoms with Crippen molar-refractivity contribution in [2.45, 2.75) is 19.8 Å². The fourth-order valence-electron chi connectivity index (χ4n) is 2.47. The van der Waals surface area contributed by atoms with Crippen LogP contribution in [-0.4, -0.2) is 31.2 Å². The van der Waals surface area contributed by atoms with E-state index in [0.29, 0.717) is 25.3 Å². The minimum absolute atomic E-state index is 0.0233. The molecule has 20 heavy (non-hydrogen) atoms. The smallest absolute Gasteiger partial charge is 0.254 e. The van der Waals surface area contributed by atoms with Gasteiger partial charge in [-0.05, 0) is 30.5 Å². The van der Waals surface area contributed by atoms with Crippen LogP contribution in [0.5, 0.6) is 5.75 Å². The number of benzene rings is 1. The number of ether oxygens (including phenoxy) is 3. The van der Waals surface area contributed by atoms with Crippen molar-refractivity contribution >= 4 is 10.9 Å². The molecule has 1 aliphatic heterocycles. The Balaban J connectivity index is 2.14. The zero-order valence-electron chi connectivity index (χ0n) is 11.6. The van der Waals surface area contributed by atoms with E-state index in [-0.39, 0.29) is 11.8 Å². The molecule has 1 aliphatic rings. The van der Waals surface area contributed by atoms with Crippen LogP contribution < -0.4 is 10.3 Å². The molecule has 1 aromatic carbocycles. The fourth-order valence-corrected chi connectivity index (χ4v) is 2.47. The molecule has 0 saturated carbocycles. The van der Waals surface area contributed by atoms with Gasteiger partial charge in [0.05, 0.1) is 32.4 Å². The maximum atomic E-state index is 12.4. The van der Waals surface area contributed by atoms with E-state index < -0.39 is 0 Å². The Morgan fingerprint density at radius 1 is 1.30 bits per heavy atom. The Morgan fingerprint density at radius 2 is 2.05 bits per heavy atom. The van der Waals surface area contributed by atoms with Gasteiger partial charge in [0.25, 0.3) is 5.56 Å². The normalized spacial score (nSPS) is 15.9. The van der Waals surface area contributed by atoms with Crippen molar-refractivity contribution in [1.29, 1.82) is 0 Å². The lowest BCUT2D eigenvalue weighted by atomic mass is 10.1. The average molecular weight is 275 g/mol. The number of rotatable bonds is 3. The van der Waals surface area contributed by atoms with Gasteiger partial charge in [0, 0.05) is 11.6 Å². The maximum absolute atomic E-state index is 12.4. The SMILES string of the molecule is COc1ccc2cc(C)c(=O)n(CC3OCCO3)c2c1. The first kappa shape index (κ1) is 13.1. The van der Waals surface area contributed by atoms with Crippen molar-refractivity contribution in [2.75, 3.05) is 20.3 Å². The van der Waals surface area contributed by atoms with Crippen molar-refractivity contribution in [1.82, 2.24) is 4.57 Å². The quantitative estimate of drug-likeness (QED) is 0.855. The molecule has 0 atom stereocenters. The van der Waals surface area contributed by atoms with Gasteiger partial charge in [-0.2, -0.15) is 0 Å². The number of hydrogen-bond acceptors (Lipinski definition) is 4. The first-order chi connectivity index (χ1) is 9.69. The highest BCUT2D eigenvalue weighted by Crippen LogP contribution is 2.21. The van der Waals surface area contributed by atoms with Crippen LogP contribution in [0.1, 0.15) is 5.56 Å². The molecule has 5 nitrogen and oxygen atoms in total. The molecule has 0 aliphatic carbocycles. The Bertz CT molecular complexity index is 686. The lowest BCUT2D eigenvalue weighted by Gasteiger charge is -2.15. The monoisotopic (exact) mass is 275 g/mol. The molecule has 0 N–H and O–H groups in total. The van der Waals surface area contributed by atoms with Gasteiger partial charge in [-0.1, -0.05) is 0 Å². The molecular weight excluding hydrogens is 258 g/mol. The first-order valence-corrected chi connectivity index (χ1v) is 6.60. The number of fused-ring (bicyclic) bond motifs is 1. The highest BCUT2D eigenvalue weighted by atomic mass is 16.7. The summed E-state index contributed by atoms with van der Waals surface area (Å²) in [6, 6.07) is 7.60. The Labute approximate surface area is 116 Å². The molecule has 1 aromatic heterocycles. The van der Waals surface area contributed by atoms with E-state index in [1.807, 2.05) is 31.2 Å². The van der Waals surface area contributed by atoms with E-state index in [2.05, 4.69) is 0 Å². The van der Waals surface area contributed by atoms with E-state index in [1.54, 1.807) is 11.7 Å². The minimum Gasteiger partial charge on any atom is -0.497 e. The van der Waals surface area contributed by atoms with Crippen LogP contribution in [0.2, 0.25) is 0 Å². The molecule has 0 unspecified atom stereocenters. The summed E-state index contributed by atoms with van der Waals surface area (Å²) in [5.41, 5.74) is 1.52. The molecule has 0 radical (unpaired) electrons. The minimum atomic E-state index is -0.357. The van der Waals surface area contributed by atoms with Crippen LogP contribution in [0.25, 0.3) is 10.9 Å². The van der Waals surface area contributed by atoms with Crippen LogP contribution in [0.4, 0.5) is 0 Å². The molecule has 2 aromatic rings. The molecule has 1 fully saturated rings. The summed E-state index contributed by atoms with van der Waals surface area (Å²) in [6.45, 7) is 3.36. The third kappa shape index (κ3) is 2.30. The Hall–Kier alpha value is -1.85. The summed E-state index contributed by atoms with van der Waals surface area (Å²) < 4.78 is 17.8. The number of aromatic nitrogens is 1. The lowest BCUT2D eigenvalue weighted by molar-refractivity contribution is -0.0523. The zero-order chi connectivity index (χ0) is 14.1. The molecule has 0 spiro atoms. The zero-order valence-corrected chi connectivity index (χ0v) is 11.6. The molecule has 1 saturated heterocycles. The summed E-state index contributed by atoms with van der Waals surface area (Å²) in [4.78, 5) is 12.4. The lowest BCUT2D eigenvalue weighted by Crippen LogP contribution is -2.28. The molecule has 0 bridgehead atoms. The van der Waals surface area contributed by atoms with Gasteiger partial charge >= 0.3 is 0 Å². The average Bonchev–Trinajstić information content (AvgIpc) is 2.96. The van der Waals surface area contributed by atoms with Gasteiger partial charge in [0.2, 0.25) is 0 Å². The molecular formula is C15H17NO4. The predicted octanol–water partition coefficient (Wildman–Crippen LogP) is 1.69. The van der Waals surface area contributed by atoms with Gasteiger partial charge in [0.1, 0.15) is 5.75 Å². The van der Waals surface area contributed by atoms with Crippen LogP contribution in [-0.2, 0) is 16.0 Å². The van der Waals surface area contributed by atoms with Crippen molar-refractivity contribution in [3.63, 3.8) is 0 Å². The third-order valence-electron chi connectivity index (χ3n) is 3.51. The second-order valence-electron chi connectivity index (χ2n) is 4.84. The van der Waals surface area contributed by atoms with Crippen molar-refractivity contribution < 1.29 is 14.2 Å². The number of pyridine rings is 1. The van der Waals surface area contributed by atoms with Gasteiger partial charge in [-0.15, -0.1) is 0 Å². The van der Waals surface area contributed by atoms with Crippen molar-refractivity contribution in [3.8, 4) is 5.75 Å². The summed E-state index contributed by atoms with van der Waals surface area (Å²) >= 11 is 0. The second-order valence-corrected chi connectivity index (χ2v) is 4.84.